The number of aliphatic carboxylic acids is 1. The van der Waals surface area contributed by atoms with E-state index < -0.39 is 5.97 Å². The molecule has 0 spiro atoms. The molecule has 1 fully saturated rings. The van der Waals surface area contributed by atoms with E-state index in [4.69, 9.17) is 10.8 Å². The van der Waals surface area contributed by atoms with E-state index in [1.54, 1.807) is 0 Å². The van der Waals surface area contributed by atoms with Gasteiger partial charge in [-0.25, -0.2) is 0 Å². The lowest BCUT2D eigenvalue weighted by molar-refractivity contribution is -0.138. The molecule has 2 rings (SSSR count). The fourth-order valence-corrected chi connectivity index (χ4v) is 1.74. The van der Waals surface area contributed by atoms with Crippen molar-refractivity contribution in [1.82, 2.24) is 0 Å². The van der Waals surface area contributed by atoms with E-state index in [2.05, 4.69) is 0 Å². The van der Waals surface area contributed by atoms with Crippen molar-refractivity contribution in [1.29, 1.82) is 0 Å². The summed E-state index contributed by atoms with van der Waals surface area (Å²) >= 11 is 0. The zero-order chi connectivity index (χ0) is 10.1. The molecule has 1 saturated carbocycles. The molecule has 0 unspecified atom stereocenters. The lowest BCUT2D eigenvalue weighted by Crippen LogP contribution is -1.99. The highest BCUT2D eigenvalue weighted by atomic mass is 16.4. The zero-order valence-electron chi connectivity index (χ0n) is 7.81. The molecule has 0 radical (unpaired) electrons. The van der Waals surface area contributed by atoms with E-state index in [1.807, 2.05) is 24.3 Å². The van der Waals surface area contributed by atoms with Crippen LogP contribution in [0.3, 0.4) is 0 Å². The zero-order valence-corrected chi connectivity index (χ0v) is 7.81. The highest BCUT2D eigenvalue weighted by Gasteiger charge is 2.43. The van der Waals surface area contributed by atoms with E-state index in [0.29, 0.717) is 6.54 Å². The second-order valence-electron chi connectivity index (χ2n) is 3.73. The maximum Gasteiger partial charge on any atom is 0.307 e. The summed E-state index contributed by atoms with van der Waals surface area (Å²) in [5.41, 5.74) is 7.68. The minimum absolute atomic E-state index is 0.168. The normalized spacial score (nSPS) is 24.6. The molecule has 3 nitrogen and oxygen atoms in total. The Morgan fingerprint density at radius 3 is 2.50 bits per heavy atom. The Balaban J connectivity index is 2.08. The number of carbonyl (C=O) groups is 1. The summed E-state index contributed by atoms with van der Waals surface area (Å²) in [5, 5.41) is 8.77. The fourth-order valence-electron chi connectivity index (χ4n) is 1.74. The van der Waals surface area contributed by atoms with Gasteiger partial charge in [0.2, 0.25) is 0 Å². The van der Waals surface area contributed by atoms with Gasteiger partial charge in [-0.1, -0.05) is 24.3 Å². The summed E-state index contributed by atoms with van der Waals surface area (Å²) in [7, 11) is 0. The van der Waals surface area contributed by atoms with Crippen LogP contribution in [0.2, 0.25) is 0 Å². The molecule has 0 aromatic heterocycles. The van der Waals surface area contributed by atoms with Crippen molar-refractivity contribution in [3.63, 3.8) is 0 Å². The van der Waals surface area contributed by atoms with Gasteiger partial charge in [0.05, 0.1) is 5.92 Å². The predicted molar refractivity (Wildman–Crippen MR) is 52.8 cm³/mol. The first-order valence-corrected chi connectivity index (χ1v) is 4.74. The first kappa shape index (κ1) is 9.21. The maximum atomic E-state index is 10.6. The number of hydrogen-bond acceptors (Lipinski definition) is 2. The van der Waals surface area contributed by atoms with Gasteiger partial charge in [-0.05, 0) is 23.5 Å². The van der Waals surface area contributed by atoms with Crippen LogP contribution in [0.5, 0.6) is 0 Å². The molecule has 0 heterocycles. The SMILES string of the molecule is NCc1ccc([C@@H]2C[C@H]2C(=O)O)cc1. The van der Waals surface area contributed by atoms with Gasteiger partial charge in [0.25, 0.3) is 0 Å². The minimum atomic E-state index is -0.682. The highest BCUT2D eigenvalue weighted by Crippen LogP contribution is 2.47. The molecule has 0 aliphatic heterocycles. The molecule has 1 aromatic rings. The van der Waals surface area contributed by atoms with Gasteiger partial charge in [0.1, 0.15) is 0 Å². The molecule has 0 bridgehead atoms. The van der Waals surface area contributed by atoms with Crippen LogP contribution in [0.25, 0.3) is 0 Å². The summed E-state index contributed by atoms with van der Waals surface area (Å²) in [6.45, 7) is 0.535. The largest absolute Gasteiger partial charge is 0.481 e. The van der Waals surface area contributed by atoms with Crippen molar-refractivity contribution in [3.8, 4) is 0 Å². The number of hydrogen-bond donors (Lipinski definition) is 2. The molecule has 1 aromatic carbocycles. The Bertz CT molecular complexity index is 345. The Kier molecular flexibility index (Phi) is 2.25. The molecular formula is C11H13NO2. The van der Waals surface area contributed by atoms with Gasteiger partial charge in [-0.3, -0.25) is 4.79 Å². The summed E-state index contributed by atoms with van der Waals surface area (Å²) in [6, 6.07) is 7.89. The van der Waals surface area contributed by atoms with E-state index in [-0.39, 0.29) is 11.8 Å². The third-order valence-corrected chi connectivity index (χ3v) is 2.75. The molecule has 1 aliphatic rings. The van der Waals surface area contributed by atoms with Crippen LogP contribution in [0.15, 0.2) is 24.3 Å². The summed E-state index contributed by atoms with van der Waals surface area (Å²) in [4.78, 5) is 10.6. The van der Waals surface area contributed by atoms with Crippen molar-refractivity contribution >= 4 is 5.97 Å². The third-order valence-electron chi connectivity index (χ3n) is 2.75. The second-order valence-corrected chi connectivity index (χ2v) is 3.73. The van der Waals surface area contributed by atoms with Gasteiger partial charge in [-0.15, -0.1) is 0 Å². The molecule has 3 N–H and O–H groups in total. The quantitative estimate of drug-likeness (QED) is 0.757. The predicted octanol–water partition coefficient (Wildman–Crippen LogP) is 1.33. The first-order chi connectivity index (χ1) is 6.72. The van der Waals surface area contributed by atoms with Crippen LogP contribution in [0, 0.1) is 5.92 Å². The van der Waals surface area contributed by atoms with Crippen LogP contribution >= 0.6 is 0 Å². The Labute approximate surface area is 82.5 Å². The van der Waals surface area contributed by atoms with Gasteiger partial charge < -0.3 is 10.8 Å². The van der Waals surface area contributed by atoms with Crippen LogP contribution in [0.1, 0.15) is 23.5 Å². The van der Waals surface area contributed by atoms with Crippen molar-refractivity contribution in [3.05, 3.63) is 35.4 Å². The lowest BCUT2D eigenvalue weighted by atomic mass is 10.1. The molecule has 1 aliphatic carbocycles. The van der Waals surface area contributed by atoms with Crippen molar-refractivity contribution in [2.24, 2.45) is 11.7 Å². The highest BCUT2D eigenvalue weighted by molar-refractivity contribution is 5.75. The number of rotatable bonds is 3. The summed E-state index contributed by atoms with van der Waals surface area (Å²) in [6.07, 6.45) is 0.775. The fraction of sp³-hybridized carbons (Fsp3) is 0.364. The average molecular weight is 191 g/mol. The minimum Gasteiger partial charge on any atom is -0.481 e. The third kappa shape index (κ3) is 1.63. The van der Waals surface area contributed by atoms with Crippen molar-refractivity contribution in [2.75, 3.05) is 0 Å². The summed E-state index contributed by atoms with van der Waals surface area (Å²) in [5.74, 6) is -0.629. The Morgan fingerprint density at radius 1 is 1.43 bits per heavy atom. The monoisotopic (exact) mass is 191 g/mol. The van der Waals surface area contributed by atoms with E-state index in [9.17, 15) is 4.79 Å². The second kappa shape index (κ2) is 3.42. The molecule has 2 atom stereocenters. The molecule has 74 valence electrons. The number of carboxylic acids is 1. The van der Waals surface area contributed by atoms with Crippen LogP contribution in [-0.2, 0) is 11.3 Å². The number of nitrogens with two attached hydrogens (primary N) is 1. The van der Waals surface area contributed by atoms with E-state index in [1.165, 1.54) is 0 Å². The van der Waals surface area contributed by atoms with Gasteiger partial charge in [0.15, 0.2) is 0 Å². The molecule has 14 heavy (non-hydrogen) atoms. The standard InChI is InChI=1S/C11H13NO2/c12-6-7-1-3-8(4-2-7)9-5-10(9)11(13)14/h1-4,9-10H,5-6,12H2,(H,13,14)/t9-,10+/m0/s1. The average Bonchev–Trinajstić information content (AvgIpc) is 2.97. The topological polar surface area (TPSA) is 63.3 Å². The molecule has 3 heteroatoms. The first-order valence-electron chi connectivity index (χ1n) is 4.74. The Morgan fingerprint density at radius 2 is 2.07 bits per heavy atom. The molecule has 0 saturated heterocycles. The van der Waals surface area contributed by atoms with Gasteiger partial charge in [0, 0.05) is 6.54 Å². The molecule has 0 amide bonds. The van der Waals surface area contributed by atoms with Crippen LogP contribution < -0.4 is 5.73 Å². The van der Waals surface area contributed by atoms with Gasteiger partial charge in [-0.2, -0.15) is 0 Å². The van der Waals surface area contributed by atoms with Crippen molar-refractivity contribution < 1.29 is 9.90 Å². The smallest absolute Gasteiger partial charge is 0.307 e. The Hall–Kier alpha value is -1.35. The van der Waals surface area contributed by atoms with Crippen LogP contribution in [-0.4, -0.2) is 11.1 Å². The van der Waals surface area contributed by atoms with Gasteiger partial charge >= 0.3 is 5.97 Å². The van der Waals surface area contributed by atoms with E-state index >= 15 is 0 Å². The summed E-state index contributed by atoms with van der Waals surface area (Å²) < 4.78 is 0. The van der Waals surface area contributed by atoms with Crippen molar-refractivity contribution in [2.45, 2.75) is 18.9 Å². The number of carboxylic acid groups (broad SMARTS) is 1. The van der Waals surface area contributed by atoms with Crippen LogP contribution in [0.4, 0.5) is 0 Å². The lowest BCUT2D eigenvalue weighted by Gasteiger charge is -2.00. The molecular weight excluding hydrogens is 178 g/mol. The van der Waals surface area contributed by atoms with E-state index in [0.717, 1.165) is 17.5 Å². The maximum absolute atomic E-state index is 10.6. The number of benzene rings is 1.